The van der Waals surface area contributed by atoms with E-state index in [1.165, 1.54) is 22.3 Å². The van der Waals surface area contributed by atoms with E-state index in [-0.39, 0.29) is 5.56 Å². The SMILES string of the molecule is Cc1ccc(-c2cnc3c(c2)CN(c2nn4c(=O)ccnc4c(C)c2C)CC3)cn1. The maximum Gasteiger partial charge on any atom is 0.274 e. The number of aromatic nitrogens is 5. The van der Waals surface area contributed by atoms with Gasteiger partial charge in [0.15, 0.2) is 11.5 Å². The fraction of sp³-hybridized carbons (Fsp3) is 0.261. The molecule has 5 rings (SSSR count). The highest BCUT2D eigenvalue weighted by Gasteiger charge is 2.22. The van der Waals surface area contributed by atoms with Gasteiger partial charge < -0.3 is 4.90 Å². The molecule has 4 aromatic heterocycles. The summed E-state index contributed by atoms with van der Waals surface area (Å²) in [5.41, 5.74) is 7.86. The summed E-state index contributed by atoms with van der Waals surface area (Å²) in [6.45, 7) is 7.51. The van der Waals surface area contributed by atoms with Gasteiger partial charge in [0.05, 0.1) is 0 Å². The second-order valence-corrected chi connectivity index (χ2v) is 7.78. The van der Waals surface area contributed by atoms with Gasteiger partial charge in [0.1, 0.15) is 0 Å². The van der Waals surface area contributed by atoms with Crippen LogP contribution in [0, 0.1) is 20.8 Å². The highest BCUT2D eigenvalue weighted by molar-refractivity contribution is 5.64. The molecule has 7 heteroatoms. The van der Waals surface area contributed by atoms with Crippen LogP contribution in [-0.2, 0) is 13.0 Å². The number of hydrogen-bond donors (Lipinski definition) is 0. The first-order valence-corrected chi connectivity index (χ1v) is 10.0. The van der Waals surface area contributed by atoms with E-state index >= 15 is 0 Å². The van der Waals surface area contributed by atoms with Crippen LogP contribution in [0.1, 0.15) is 28.1 Å². The molecule has 0 aromatic carbocycles. The average molecular weight is 398 g/mol. The van der Waals surface area contributed by atoms with Crippen LogP contribution in [0.15, 0.2) is 47.7 Å². The van der Waals surface area contributed by atoms with Gasteiger partial charge in [-0.3, -0.25) is 14.8 Å². The Morgan fingerprint density at radius 3 is 2.57 bits per heavy atom. The molecule has 0 amide bonds. The van der Waals surface area contributed by atoms with Crippen LogP contribution < -0.4 is 10.5 Å². The fourth-order valence-electron chi connectivity index (χ4n) is 3.96. The Morgan fingerprint density at radius 2 is 1.77 bits per heavy atom. The third-order valence-corrected chi connectivity index (χ3v) is 5.84. The van der Waals surface area contributed by atoms with E-state index < -0.39 is 0 Å². The quantitative estimate of drug-likeness (QED) is 0.517. The molecule has 0 saturated carbocycles. The molecule has 5 heterocycles. The van der Waals surface area contributed by atoms with Gasteiger partial charge in [-0.05, 0) is 38.5 Å². The van der Waals surface area contributed by atoms with Crippen molar-refractivity contribution in [3.8, 4) is 11.1 Å². The maximum absolute atomic E-state index is 12.3. The van der Waals surface area contributed by atoms with E-state index in [4.69, 9.17) is 4.98 Å². The summed E-state index contributed by atoms with van der Waals surface area (Å²) in [7, 11) is 0. The van der Waals surface area contributed by atoms with E-state index in [2.05, 4.69) is 32.1 Å². The lowest BCUT2D eigenvalue weighted by Gasteiger charge is -2.31. The summed E-state index contributed by atoms with van der Waals surface area (Å²) in [4.78, 5) is 28.0. The maximum atomic E-state index is 12.3. The zero-order chi connectivity index (χ0) is 20.8. The van der Waals surface area contributed by atoms with Crippen molar-refractivity contribution in [2.45, 2.75) is 33.7 Å². The van der Waals surface area contributed by atoms with Crippen molar-refractivity contribution in [3.63, 3.8) is 0 Å². The molecule has 0 N–H and O–H groups in total. The molecular formula is C23H22N6O. The van der Waals surface area contributed by atoms with Crippen LogP contribution in [0.5, 0.6) is 0 Å². The third-order valence-electron chi connectivity index (χ3n) is 5.84. The Morgan fingerprint density at radius 1 is 0.933 bits per heavy atom. The molecule has 7 nitrogen and oxygen atoms in total. The molecule has 0 radical (unpaired) electrons. The zero-order valence-corrected chi connectivity index (χ0v) is 17.3. The van der Waals surface area contributed by atoms with E-state index in [9.17, 15) is 4.79 Å². The minimum absolute atomic E-state index is 0.169. The lowest BCUT2D eigenvalue weighted by atomic mass is 10.0. The molecule has 0 bridgehead atoms. The standard InChI is InChI=1S/C23H22N6O/c1-14-4-5-17(11-25-14)18-10-19-13-28(9-7-20(19)26-12-18)23-16(3)15(2)22-24-8-6-21(30)29(22)27-23/h4-6,8,10-12H,7,9,13H2,1-3H3. The van der Waals surface area contributed by atoms with Crippen molar-refractivity contribution < 1.29 is 0 Å². The predicted molar refractivity (Wildman–Crippen MR) is 116 cm³/mol. The van der Waals surface area contributed by atoms with Crippen LogP contribution >= 0.6 is 0 Å². The summed E-state index contributed by atoms with van der Waals surface area (Å²) in [6, 6.07) is 7.72. The van der Waals surface area contributed by atoms with Crippen molar-refractivity contribution in [2.75, 3.05) is 11.4 Å². The Hall–Kier alpha value is -3.61. The molecular weight excluding hydrogens is 376 g/mol. The monoisotopic (exact) mass is 398 g/mol. The molecule has 4 aromatic rings. The van der Waals surface area contributed by atoms with Crippen molar-refractivity contribution in [1.82, 2.24) is 24.6 Å². The topological polar surface area (TPSA) is 76.3 Å². The third kappa shape index (κ3) is 3.03. The lowest BCUT2D eigenvalue weighted by molar-refractivity contribution is 0.684. The van der Waals surface area contributed by atoms with E-state index in [0.29, 0.717) is 12.2 Å². The molecule has 1 aliphatic heterocycles. The van der Waals surface area contributed by atoms with E-state index in [1.54, 1.807) is 0 Å². The number of nitrogens with zero attached hydrogens (tertiary/aromatic N) is 6. The molecule has 0 fully saturated rings. The van der Waals surface area contributed by atoms with Gasteiger partial charge >= 0.3 is 0 Å². The van der Waals surface area contributed by atoms with Crippen molar-refractivity contribution in [2.24, 2.45) is 0 Å². The first-order valence-electron chi connectivity index (χ1n) is 10.0. The van der Waals surface area contributed by atoms with Gasteiger partial charge in [0, 0.05) is 77.8 Å². The van der Waals surface area contributed by atoms with Crippen molar-refractivity contribution in [1.29, 1.82) is 0 Å². The number of fused-ring (bicyclic) bond motifs is 2. The molecule has 0 unspecified atom stereocenters. The summed E-state index contributed by atoms with van der Waals surface area (Å²) < 4.78 is 1.40. The summed E-state index contributed by atoms with van der Waals surface area (Å²) in [6.07, 6.45) is 6.19. The van der Waals surface area contributed by atoms with E-state index in [1.807, 2.05) is 39.2 Å². The first kappa shape index (κ1) is 18.4. The molecule has 30 heavy (non-hydrogen) atoms. The minimum atomic E-state index is -0.169. The highest BCUT2D eigenvalue weighted by atomic mass is 16.1. The molecule has 0 atom stereocenters. The largest absolute Gasteiger partial charge is 0.350 e. The Balaban J connectivity index is 1.55. The highest BCUT2D eigenvalue weighted by Crippen LogP contribution is 2.29. The van der Waals surface area contributed by atoms with Crippen LogP contribution in [0.25, 0.3) is 16.8 Å². The summed E-state index contributed by atoms with van der Waals surface area (Å²) in [5.74, 6) is 0.822. The number of hydrogen-bond acceptors (Lipinski definition) is 6. The van der Waals surface area contributed by atoms with Crippen LogP contribution in [0.3, 0.4) is 0 Å². The van der Waals surface area contributed by atoms with Crippen molar-refractivity contribution >= 4 is 11.5 Å². The van der Waals surface area contributed by atoms with E-state index in [0.717, 1.165) is 52.4 Å². The molecule has 150 valence electrons. The molecule has 1 aliphatic rings. The Labute approximate surface area is 174 Å². The van der Waals surface area contributed by atoms with Crippen molar-refractivity contribution in [3.05, 3.63) is 81.3 Å². The molecule has 0 spiro atoms. The Kier molecular flexibility index (Phi) is 4.31. The van der Waals surface area contributed by atoms with Crippen LogP contribution in [0.4, 0.5) is 5.82 Å². The van der Waals surface area contributed by atoms with Gasteiger partial charge in [-0.1, -0.05) is 6.07 Å². The number of aryl methyl sites for hydroxylation is 2. The number of rotatable bonds is 2. The second-order valence-electron chi connectivity index (χ2n) is 7.78. The number of anilines is 1. The normalized spacial score (nSPS) is 13.5. The van der Waals surface area contributed by atoms with Crippen LogP contribution in [0.2, 0.25) is 0 Å². The van der Waals surface area contributed by atoms with Gasteiger partial charge in [0.25, 0.3) is 5.56 Å². The first-order chi connectivity index (χ1) is 14.5. The second kappa shape index (κ2) is 7.02. The predicted octanol–water partition coefficient (Wildman–Crippen LogP) is 3.03. The molecule has 0 saturated heterocycles. The Bertz CT molecular complexity index is 1330. The molecule has 0 aliphatic carbocycles. The van der Waals surface area contributed by atoms with Gasteiger partial charge in [-0.15, -0.1) is 5.10 Å². The zero-order valence-electron chi connectivity index (χ0n) is 17.3. The summed E-state index contributed by atoms with van der Waals surface area (Å²) in [5, 5.41) is 4.66. The lowest BCUT2D eigenvalue weighted by Crippen LogP contribution is -2.33. The van der Waals surface area contributed by atoms with Gasteiger partial charge in [0.2, 0.25) is 0 Å². The fourth-order valence-corrected chi connectivity index (χ4v) is 3.96. The van der Waals surface area contributed by atoms with Gasteiger partial charge in [-0.25, -0.2) is 4.98 Å². The number of pyridine rings is 2. The van der Waals surface area contributed by atoms with Crippen LogP contribution in [-0.4, -0.2) is 31.1 Å². The van der Waals surface area contributed by atoms with Gasteiger partial charge in [-0.2, -0.15) is 4.52 Å². The smallest absolute Gasteiger partial charge is 0.274 e. The average Bonchev–Trinajstić information content (AvgIpc) is 2.76. The summed E-state index contributed by atoms with van der Waals surface area (Å²) >= 11 is 0. The minimum Gasteiger partial charge on any atom is -0.350 e.